The summed E-state index contributed by atoms with van der Waals surface area (Å²) in [7, 11) is 0. The summed E-state index contributed by atoms with van der Waals surface area (Å²) in [5.74, 6) is 0.461. The molecule has 2 N–H and O–H groups in total. The van der Waals surface area contributed by atoms with Crippen LogP contribution in [0.1, 0.15) is 23.2 Å². The van der Waals surface area contributed by atoms with E-state index in [-0.39, 0.29) is 5.56 Å². The first-order chi connectivity index (χ1) is 13.2. The van der Waals surface area contributed by atoms with Gasteiger partial charge in [0.15, 0.2) is 0 Å². The Kier molecular flexibility index (Phi) is 3.60. The third-order valence-electron chi connectivity index (χ3n) is 5.06. The first kappa shape index (κ1) is 15.9. The second-order valence-electron chi connectivity index (χ2n) is 7.06. The summed E-state index contributed by atoms with van der Waals surface area (Å²) in [6.07, 6.45) is 4.31. The second-order valence-corrected chi connectivity index (χ2v) is 7.06. The molecule has 0 radical (unpaired) electrons. The number of fused-ring (bicyclic) bond motifs is 2. The molecule has 0 spiro atoms. The third kappa shape index (κ3) is 2.91. The van der Waals surface area contributed by atoms with Crippen molar-refractivity contribution in [1.29, 1.82) is 0 Å². The van der Waals surface area contributed by atoms with Crippen molar-refractivity contribution < 1.29 is 14.3 Å². The number of carbonyl (C=O) groups is 1. The summed E-state index contributed by atoms with van der Waals surface area (Å²) in [6.45, 7) is 0.888. The molecule has 0 amide bonds. The fourth-order valence-electron chi connectivity index (χ4n) is 3.41. The molecule has 2 aromatic heterocycles. The minimum absolute atomic E-state index is 0.237. The molecule has 5 rings (SSSR count). The zero-order valence-corrected chi connectivity index (χ0v) is 14.6. The van der Waals surface area contributed by atoms with E-state index in [1.807, 2.05) is 36.5 Å². The van der Waals surface area contributed by atoms with E-state index in [1.165, 1.54) is 12.8 Å². The number of carboxylic acids is 1. The van der Waals surface area contributed by atoms with Crippen LogP contribution in [0, 0.1) is 5.92 Å². The Morgan fingerprint density at radius 1 is 1.19 bits per heavy atom. The lowest BCUT2D eigenvalue weighted by atomic mass is 10.0. The van der Waals surface area contributed by atoms with Gasteiger partial charge in [0.1, 0.15) is 11.3 Å². The monoisotopic (exact) mass is 358 g/mol. The number of nitrogens with one attached hydrogen (secondary N) is 1. The molecule has 1 saturated carbocycles. The fourth-order valence-corrected chi connectivity index (χ4v) is 3.41. The van der Waals surface area contributed by atoms with Crippen LogP contribution in [0.25, 0.3) is 33.2 Å². The number of para-hydroxylation sites is 1. The van der Waals surface area contributed by atoms with Crippen LogP contribution in [0.15, 0.2) is 59.1 Å². The van der Waals surface area contributed by atoms with E-state index >= 15 is 0 Å². The molecule has 0 aliphatic heterocycles. The Balaban J connectivity index is 1.74. The molecule has 1 aliphatic carbocycles. The maximum absolute atomic E-state index is 11.5. The van der Waals surface area contributed by atoms with Crippen LogP contribution in [-0.2, 0) is 0 Å². The number of benzene rings is 2. The molecule has 2 heterocycles. The van der Waals surface area contributed by atoms with Crippen LogP contribution in [0.4, 0.5) is 5.69 Å². The van der Waals surface area contributed by atoms with Crippen LogP contribution in [-0.4, -0.2) is 22.6 Å². The molecule has 0 unspecified atom stereocenters. The molecular weight excluding hydrogens is 340 g/mol. The van der Waals surface area contributed by atoms with E-state index in [9.17, 15) is 9.90 Å². The highest BCUT2D eigenvalue weighted by atomic mass is 16.4. The number of nitrogens with zero attached hydrogens (tertiary/aromatic N) is 1. The number of carboxylic acid groups (broad SMARTS) is 1. The largest absolute Gasteiger partial charge is 0.478 e. The minimum Gasteiger partial charge on any atom is -0.478 e. The summed E-state index contributed by atoms with van der Waals surface area (Å²) < 4.78 is 6.11. The lowest BCUT2D eigenvalue weighted by molar-refractivity contribution is 0.0697. The third-order valence-corrected chi connectivity index (χ3v) is 5.06. The summed E-state index contributed by atoms with van der Waals surface area (Å²) in [6, 6.07) is 14.9. The quantitative estimate of drug-likeness (QED) is 0.515. The van der Waals surface area contributed by atoms with Gasteiger partial charge in [0.25, 0.3) is 0 Å². The maximum atomic E-state index is 11.5. The van der Waals surface area contributed by atoms with Gasteiger partial charge in [-0.05, 0) is 49.1 Å². The number of furan rings is 1. The SMILES string of the molecule is O=C(O)c1ccc2ncc(NCC3CC3)c(-c3cc4ccccc4o3)c2c1. The zero-order valence-electron chi connectivity index (χ0n) is 14.6. The smallest absolute Gasteiger partial charge is 0.335 e. The van der Waals surface area contributed by atoms with Gasteiger partial charge in [-0.1, -0.05) is 18.2 Å². The molecule has 2 aromatic carbocycles. The molecule has 1 aliphatic rings. The number of rotatable bonds is 5. The maximum Gasteiger partial charge on any atom is 0.335 e. The van der Waals surface area contributed by atoms with E-state index in [0.29, 0.717) is 11.7 Å². The van der Waals surface area contributed by atoms with Gasteiger partial charge in [-0.25, -0.2) is 4.79 Å². The van der Waals surface area contributed by atoms with Gasteiger partial charge in [0.2, 0.25) is 0 Å². The lowest BCUT2D eigenvalue weighted by Gasteiger charge is -2.13. The highest BCUT2D eigenvalue weighted by Crippen LogP contribution is 2.39. The van der Waals surface area contributed by atoms with Crippen LogP contribution < -0.4 is 5.32 Å². The van der Waals surface area contributed by atoms with Crippen LogP contribution >= 0.6 is 0 Å². The average Bonchev–Trinajstić information content (AvgIpc) is 3.41. The van der Waals surface area contributed by atoms with E-state index < -0.39 is 5.97 Å². The van der Waals surface area contributed by atoms with Gasteiger partial charge in [0.05, 0.1) is 28.5 Å². The van der Waals surface area contributed by atoms with Gasteiger partial charge < -0.3 is 14.8 Å². The Hall–Kier alpha value is -3.34. The normalized spacial score (nSPS) is 13.9. The van der Waals surface area contributed by atoms with E-state index in [4.69, 9.17) is 4.42 Å². The Bertz CT molecular complexity index is 1140. The van der Waals surface area contributed by atoms with Crippen molar-refractivity contribution in [1.82, 2.24) is 4.98 Å². The van der Waals surface area contributed by atoms with Gasteiger partial charge in [0, 0.05) is 17.3 Å². The number of hydrogen-bond acceptors (Lipinski definition) is 4. The van der Waals surface area contributed by atoms with E-state index in [0.717, 1.165) is 39.7 Å². The van der Waals surface area contributed by atoms with Gasteiger partial charge >= 0.3 is 5.97 Å². The molecule has 1 fully saturated rings. The van der Waals surface area contributed by atoms with Crippen molar-refractivity contribution in [3.05, 3.63) is 60.3 Å². The Labute approximate surface area is 155 Å². The topological polar surface area (TPSA) is 75.4 Å². The van der Waals surface area contributed by atoms with Gasteiger partial charge in [-0.2, -0.15) is 0 Å². The number of anilines is 1. The fraction of sp³-hybridized carbons (Fsp3) is 0.182. The molecule has 27 heavy (non-hydrogen) atoms. The number of aromatic nitrogens is 1. The number of pyridine rings is 1. The van der Waals surface area contributed by atoms with Crippen LogP contribution in [0.5, 0.6) is 0 Å². The van der Waals surface area contributed by atoms with Gasteiger partial charge in [-0.15, -0.1) is 0 Å². The number of aromatic carboxylic acids is 1. The molecule has 5 heteroatoms. The average molecular weight is 358 g/mol. The van der Waals surface area contributed by atoms with Crippen molar-refractivity contribution in [3.63, 3.8) is 0 Å². The summed E-state index contributed by atoms with van der Waals surface area (Å²) in [5.41, 5.74) is 3.52. The van der Waals surface area contributed by atoms with Crippen LogP contribution in [0.3, 0.4) is 0 Å². The second kappa shape index (κ2) is 6.13. The van der Waals surface area contributed by atoms with Gasteiger partial charge in [-0.3, -0.25) is 4.98 Å². The van der Waals surface area contributed by atoms with Crippen molar-refractivity contribution in [2.75, 3.05) is 11.9 Å². The zero-order chi connectivity index (χ0) is 18.4. The molecule has 134 valence electrons. The molecular formula is C22H18N2O3. The highest BCUT2D eigenvalue weighted by molar-refractivity contribution is 6.04. The van der Waals surface area contributed by atoms with Crippen molar-refractivity contribution in [2.24, 2.45) is 5.92 Å². The Morgan fingerprint density at radius 2 is 2.04 bits per heavy atom. The molecule has 0 saturated heterocycles. The van der Waals surface area contributed by atoms with Crippen molar-refractivity contribution in [3.8, 4) is 11.3 Å². The summed E-state index contributed by atoms with van der Waals surface area (Å²) >= 11 is 0. The standard InChI is InChI=1S/C22H18N2O3/c25-22(26)15-7-8-17-16(9-15)21(18(12-24-17)23-11-13-5-6-13)20-10-14-3-1-2-4-19(14)27-20/h1-4,7-10,12-13,23H,5-6,11H2,(H,25,26). The highest BCUT2D eigenvalue weighted by Gasteiger charge is 2.22. The molecule has 5 nitrogen and oxygen atoms in total. The van der Waals surface area contributed by atoms with Crippen LogP contribution in [0.2, 0.25) is 0 Å². The predicted molar refractivity (Wildman–Crippen MR) is 105 cm³/mol. The van der Waals surface area contributed by atoms with Crippen molar-refractivity contribution in [2.45, 2.75) is 12.8 Å². The van der Waals surface area contributed by atoms with E-state index in [2.05, 4.69) is 10.3 Å². The first-order valence-corrected chi connectivity index (χ1v) is 9.08. The summed E-state index contributed by atoms with van der Waals surface area (Å²) in [4.78, 5) is 16.0. The lowest BCUT2D eigenvalue weighted by Crippen LogP contribution is -2.05. The van der Waals surface area contributed by atoms with Crippen molar-refractivity contribution >= 4 is 33.5 Å². The van der Waals surface area contributed by atoms with E-state index in [1.54, 1.807) is 18.2 Å². The minimum atomic E-state index is -0.955. The molecule has 0 bridgehead atoms. The Morgan fingerprint density at radius 3 is 2.81 bits per heavy atom. The number of hydrogen-bond donors (Lipinski definition) is 2. The molecule has 4 aromatic rings. The molecule has 0 atom stereocenters. The predicted octanol–water partition coefficient (Wildman–Crippen LogP) is 5.17. The first-order valence-electron chi connectivity index (χ1n) is 9.08. The summed E-state index contributed by atoms with van der Waals surface area (Å²) in [5, 5.41) is 14.7.